The van der Waals surface area contributed by atoms with E-state index in [2.05, 4.69) is 10.4 Å². The highest BCUT2D eigenvalue weighted by atomic mass is 35.5. The van der Waals surface area contributed by atoms with Gasteiger partial charge in [0.1, 0.15) is 11.8 Å². The summed E-state index contributed by atoms with van der Waals surface area (Å²) in [4.78, 5) is 26.8. The zero-order valence-corrected chi connectivity index (χ0v) is 16.2. The second kappa shape index (κ2) is 7.77. The van der Waals surface area contributed by atoms with Crippen molar-refractivity contribution in [3.05, 3.63) is 59.0 Å². The first-order chi connectivity index (χ1) is 13.5. The molecule has 1 aromatic heterocycles. The Morgan fingerprint density at radius 1 is 1.32 bits per heavy atom. The van der Waals surface area contributed by atoms with Gasteiger partial charge in [-0.05, 0) is 36.8 Å². The Morgan fingerprint density at radius 2 is 2.11 bits per heavy atom. The fourth-order valence-electron chi connectivity index (χ4n) is 3.57. The van der Waals surface area contributed by atoms with Gasteiger partial charge in [0, 0.05) is 24.5 Å². The van der Waals surface area contributed by atoms with E-state index in [-0.39, 0.29) is 24.4 Å². The summed E-state index contributed by atoms with van der Waals surface area (Å²) < 4.78 is 5.58. The predicted octanol–water partition coefficient (Wildman–Crippen LogP) is 2.43. The maximum Gasteiger partial charge on any atom is 0.260 e. The Balaban J connectivity index is 1.61. The normalized spacial score (nSPS) is 21.4. The number of furan rings is 1. The molecule has 1 N–H and O–H groups in total. The van der Waals surface area contributed by atoms with Crippen molar-refractivity contribution in [1.82, 2.24) is 15.2 Å². The van der Waals surface area contributed by atoms with Gasteiger partial charge in [-0.25, -0.2) is 5.01 Å². The lowest BCUT2D eigenvalue weighted by molar-refractivity contribution is -0.140. The summed E-state index contributed by atoms with van der Waals surface area (Å²) in [6, 6.07) is 10.3. The van der Waals surface area contributed by atoms with Crippen molar-refractivity contribution in [1.29, 1.82) is 0 Å². The summed E-state index contributed by atoms with van der Waals surface area (Å²) in [6.07, 6.45) is 2.14. The summed E-state index contributed by atoms with van der Waals surface area (Å²) in [5, 5.41) is 9.56. The molecule has 28 heavy (non-hydrogen) atoms. The molecule has 2 aliphatic rings. The van der Waals surface area contributed by atoms with Gasteiger partial charge in [0.05, 0.1) is 24.6 Å². The van der Waals surface area contributed by atoms with E-state index in [0.29, 0.717) is 30.3 Å². The highest BCUT2D eigenvalue weighted by Gasteiger charge is 2.38. The fourth-order valence-corrected chi connectivity index (χ4v) is 3.70. The monoisotopic (exact) mass is 400 g/mol. The first-order valence-corrected chi connectivity index (χ1v) is 9.61. The SMILES string of the molecule is C[C@H](C(=O)N1N=C(c2ccc(Cl)cc2)C[C@@H]1c1ccco1)N1CCNC(=O)C1. The molecule has 4 rings (SSSR count). The third kappa shape index (κ3) is 3.68. The van der Waals surface area contributed by atoms with Crippen molar-refractivity contribution in [2.24, 2.45) is 5.10 Å². The largest absolute Gasteiger partial charge is 0.467 e. The van der Waals surface area contributed by atoms with Gasteiger partial charge in [0.25, 0.3) is 5.91 Å². The summed E-state index contributed by atoms with van der Waals surface area (Å²) >= 11 is 5.99. The second-order valence-corrected chi connectivity index (χ2v) is 7.40. The van der Waals surface area contributed by atoms with Crippen LogP contribution in [-0.4, -0.2) is 53.1 Å². The van der Waals surface area contributed by atoms with E-state index in [1.165, 1.54) is 5.01 Å². The number of rotatable bonds is 4. The predicted molar refractivity (Wildman–Crippen MR) is 105 cm³/mol. The smallest absolute Gasteiger partial charge is 0.260 e. The molecule has 0 spiro atoms. The Kier molecular flexibility index (Phi) is 5.19. The van der Waals surface area contributed by atoms with Crippen LogP contribution in [-0.2, 0) is 9.59 Å². The van der Waals surface area contributed by atoms with Crippen molar-refractivity contribution in [2.45, 2.75) is 25.4 Å². The van der Waals surface area contributed by atoms with Crippen molar-refractivity contribution < 1.29 is 14.0 Å². The number of carbonyl (C=O) groups is 2. The van der Waals surface area contributed by atoms with Crippen molar-refractivity contribution in [2.75, 3.05) is 19.6 Å². The minimum Gasteiger partial charge on any atom is -0.467 e. The summed E-state index contributed by atoms with van der Waals surface area (Å²) in [5.74, 6) is 0.463. The maximum absolute atomic E-state index is 13.3. The van der Waals surface area contributed by atoms with Gasteiger partial charge in [-0.3, -0.25) is 14.5 Å². The number of hydrogen-bond donors (Lipinski definition) is 1. The quantitative estimate of drug-likeness (QED) is 0.855. The molecule has 0 saturated carbocycles. The third-order valence-corrected chi connectivity index (χ3v) is 5.41. The maximum atomic E-state index is 13.3. The van der Waals surface area contributed by atoms with Gasteiger partial charge < -0.3 is 9.73 Å². The topological polar surface area (TPSA) is 78.2 Å². The van der Waals surface area contributed by atoms with E-state index < -0.39 is 6.04 Å². The van der Waals surface area contributed by atoms with Gasteiger partial charge in [-0.1, -0.05) is 23.7 Å². The minimum absolute atomic E-state index is 0.0692. The summed E-state index contributed by atoms with van der Waals surface area (Å²) in [6.45, 7) is 3.19. The Hall–Kier alpha value is -2.64. The van der Waals surface area contributed by atoms with E-state index in [1.54, 1.807) is 24.5 Å². The molecule has 0 unspecified atom stereocenters. The molecular weight excluding hydrogens is 380 g/mol. The Labute approximate surface area is 167 Å². The number of carbonyl (C=O) groups excluding carboxylic acids is 2. The number of hydrazone groups is 1. The van der Waals surface area contributed by atoms with Crippen LogP contribution in [0, 0.1) is 0 Å². The Bertz CT molecular complexity index is 895. The molecule has 0 bridgehead atoms. The average molecular weight is 401 g/mol. The van der Waals surface area contributed by atoms with Gasteiger partial charge in [-0.2, -0.15) is 5.10 Å². The van der Waals surface area contributed by atoms with Crippen LogP contribution >= 0.6 is 11.6 Å². The Morgan fingerprint density at radius 3 is 2.79 bits per heavy atom. The molecule has 2 aromatic rings. The molecule has 7 nitrogen and oxygen atoms in total. The number of nitrogens with zero attached hydrogens (tertiary/aromatic N) is 3. The van der Waals surface area contributed by atoms with E-state index in [4.69, 9.17) is 16.0 Å². The molecule has 8 heteroatoms. The average Bonchev–Trinajstić information content (AvgIpc) is 3.37. The lowest BCUT2D eigenvalue weighted by Gasteiger charge is -2.33. The standard InChI is InChI=1S/C20H21ClN4O3/c1-13(24-9-8-22-19(26)12-24)20(27)25-17(18-3-2-10-28-18)11-16(23-25)14-4-6-15(21)7-5-14/h2-7,10,13,17H,8-9,11-12H2,1H3,(H,22,26)/t13-,17-/m1/s1. The number of amides is 2. The molecule has 0 radical (unpaired) electrons. The van der Waals surface area contributed by atoms with E-state index >= 15 is 0 Å². The molecular formula is C20H21ClN4O3. The van der Waals surface area contributed by atoms with E-state index in [0.717, 1.165) is 11.3 Å². The summed E-state index contributed by atoms with van der Waals surface area (Å²) in [7, 11) is 0. The second-order valence-electron chi connectivity index (χ2n) is 6.97. The molecule has 1 saturated heterocycles. The van der Waals surface area contributed by atoms with Crippen LogP contribution in [0.1, 0.15) is 30.7 Å². The van der Waals surface area contributed by atoms with Crippen molar-refractivity contribution in [3.8, 4) is 0 Å². The first kappa shape index (κ1) is 18.7. The summed E-state index contributed by atoms with van der Waals surface area (Å²) in [5.41, 5.74) is 1.72. The van der Waals surface area contributed by atoms with Crippen molar-refractivity contribution in [3.63, 3.8) is 0 Å². The lowest BCUT2D eigenvalue weighted by atomic mass is 10.0. The van der Waals surface area contributed by atoms with Gasteiger partial charge in [-0.15, -0.1) is 0 Å². The molecule has 0 aliphatic carbocycles. The molecule has 3 heterocycles. The molecule has 2 aliphatic heterocycles. The lowest BCUT2D eigenvalue weighted by Crippen LogP contribution is -2.55. The van der Waals surface area contributed by atoms with Crippen LogP contribution in [0.15, 0.2) is 52.2 Å². The van der Waals surface area contributed by atoms with Crippen molar-refractivity contribution >= 4 is 29.1 Å². The molecule has 1 fully saturated rings. The minimum atomic E-state index is -0.461. The number of hydrogen-bond acceptors (Lipinski definition) is 5. The fraction of sp³-hybridized carbons (Fsp3) is 0.350. The van der Waals surface area contributed by atoms with Crippen LogP contribution < -0.4 is 5.32 Å². The molecule has 1 aromatic carbocycles. The molecule has 2 atom stereocenters. The third-order valence-electron chi connectivity index (χ3n) is 5.16. The van der Waals surface area contributed by atoms with Gasteiger partial charge in [0.2, 0.25) is 5.91 Å². The van der Waals surface area contributed by atoms with E-state index in [9.17, 15) is 9.59 Å². The van der Waals surface area contributed by atoms with Crippen LogP contribution in [0.2, 0.25) is 5.02 Å². The highest BCUT2D eigenvalue weighted by Crippen LogP contribution is 2.34. The number of piperazine rings is 1. The van der Waals surface area contributed by atoms with Crippen LogP contribution in [0.5, 0.6) is 0 Å². The van der Waals surface area contributed by atoms with Gasteiger partial charge >= 0.3 is 0 Å². The molecule has 146 valence electrons. The highest BCUT2D eigenvalue weighted by molar-refractivity contribution is 6.30. The van der Waals surface area contributed by atoms with Crippen LogP contribution in [0.3, 0.4) is 0 Å². The van der Waals surface area contributed by atoms with Gasteiger partial charge in [0.15, 0.2) is 0 Å². The zero-order valence-electron chi connectivity index (χ0n) is 15.5. The first-order valence-electron chi connectivity index (χ1n) is 9.23. The van der Waals surface area contributed by atoms with Crippen LogP contribution in [0.4, 0.5) is 0 Å². The van der Waals surface area contributed by atoms with Crippen LogP contribution in [0.25, 0.3) is 0 Å². The number of benzene rings is 1. The zero-order chi connectivity index (χ0) is 19.7. The van der Waals surface area contributed by atoms with E-state index in [1.807, 2.05) is 30.0 Å². The molecule has 2 amide bonds. The number of nitrogens with one attached hydrogen (secondary N) is 1. The number of halogens is 1.